The van der Waals surface area contributed by atoms with Crippen LogP contribution in [0, 0.1) is 0 Å². The molecule has 80 valence electrons. The first-order valence-electron chi connectivity index (χ1n) is 4.98. The van der Waals surface area contributed by atoms with Crippen molar-refractivity contribution in [3.8, 4) is 0 Å². The molecule has 1 amide bonds. The van der Waals surface area contributed by atoms with Crippen LogP contribution in [0.4, 0.5) is 0 Å². The Hall–Kier alpha value is -0.570. The number of hydrogen-bond acceptors (Lipinski definition) is 2. The van der Waals surface area contributed by atoms with E-state index in [0.29, 0.717) is 0 Å². The molecule has 0 radical (unpaired) electrons. The lowest BCUT2D eigenvalue weighted by atomic mass is 10.4. The quantitative estimate of drug-likeness (QED) is 0.666. The SMILES string of the molecule is CC.CCN(C)CCN(C)C(C)=O. The van der Waals surface area contributed by atoms with Crippen molar-refractivity contribution < 1.29 is 4.79 Å². The van der Waals surface area contributed by atoms with Gasteiger partial charge in [-0.25, -0.2) is 0 Å². The Labute approximate surface area is 82.7 Å². The first-order chi connectivity index (χ1) is 6.07. The van der Waals surface area contributed by atoms with E-state index in [1.165, 1.54) is 0 Å². The standard InChI is InChI=1S/C8H18N2O.C2H6/c1-5-9(3)6-7-10(4)8(2)11;1-2/h5-7H2,1-4H3;1-2H3. The molecule has 0 aliphatic carbocycles. The van der Waals surface area contributed by atoms with E-state index in [1.807, 2.05) is 27.9 Å². The van der Waals surface area contributed by atoms with Crippen molar-refractivity contribution in [3.63, 3.8) is 0 Å². The second kappa shape index (κ2) is 9.52. The van der Waals surface area contributed by atoms with E-state index >= 15 is 0 Å². The lowest BCUT2D eigenvalue weighted by molar-refractivity contribution is -0.127. The summed E-state index contributed by atoms with van der Waals surface area (Å²) >= 11 is 0. The minimum absolute atomic E-state index is 0.134. The minimum Gasteiger partial charge on any atom is -0.345 e. The predicted molar refractivity (Wildman–Crippen MR) is 57.8 cm³/mol. The van der Waals surface area contributed by atoms with Gasteiger partial charge in [0, 0.05) is 27.1 Å². The summed E-state index contributed by atoms with van der Waals surface area (Å²) in [7, 11) is 3.87. The summed E-state index contributed by atoms with van der Waals surface area (Å²) in [5.41, 5.74) is 0. The summed E-state index contributed by atoms with van der Waals surface area (Å²) in [6.45, 7) is 10.5. The Morgan fingerprint density at radius 2 is 1.62 bits per heavy atom. The molecule has 0 saturated heterocycles. The average molecular weight is 188 g/mol. The number of hydrogen-bond donors (Lipinski definition) is 0. The van der Waals surface area contributed by atoms with Crippen molar-refractivity contribution in [3.05, 3.63) is 0 Å². The van der Waals surface area contributed by atoms with E-state index in [0.717, 1.165) is 19.6 Å². The highest BCUT2D eigenvalue weighted by Gasteiger charge is 2.01. The Bertz CT molecular complexity index is 126. The molecule has 0 bridgehead atoms. The van der Waals surface area contributed by atoms with E-state index < -0.39 is 0 Å². The van der Waals surface area contributed by atoms with Crippen LogP contribution in [-0.2, 0) is 4.79 Å². The van der Waals surface area contributed by atoms with Crippen LogP contribution in [0.25, 0.3) is 0 Å². The molecule has 0 atom stereocenters. The van der Waals surface area contributed by atoms with Crippen molar-refractivity contribution >= 4 is 5.91 Å². The lowest BCUT2D eigenvalue weighted by Crippen LogP contribution is -2.33. The van der Waals surface area contributed by atoms with E-state index in [-0.39, 0.29) is 5.91 Å². The summed E-state index contributed by atoms with van der Waals surface area (Å²) < 4.78 is 0. The average Bonchev–Trinajstić information content (AvgIpc) is 2.16. The van der Waals surface area contributed by atoms with Gasteiger partial charge < -0.3 is 9.80 Å². The molecule has 0 fully saturated rings. The maximum absolute atomic E-state index is 10.8. The molecule has 0 heterocycles. The molecule has 0 aromatic heterocycles. The normalized spacial score (nSPS) is 9.15. The first-order valence-corrected chi connectivity index (χ1v) is 4.98. The number of carbonyl (C=O) groups is 1. The zero-order valence-electron chi connectivity index (χ0n) is 9.92. The molecule has 0 spiro atoms. The third kappa shape index (κ3) is 9.34. The number of amides is 1. The fraction of sp³-hybridized carbons (Fsp3) is 0.900. The third-order valence-corrected chi connectivity index (χ3v) is 1.89. The van der Waals surface area contributed by atoms with Crippen LogP contribution in [0.3, 0.4) is 0 Å². The van der Waals surface area contributed by atoms with Gasteiger partial charge in [0.25, 0.3) is 0 Å². The lowest BCUT2D eigenvalue weighted by Gasteiger charge is -2.19. The van der Waals surface area contributed by atoms with Crippen LogP contribution in [0.2, 0.25) is 0 Å². The Morgan fingerprint density at radius 1 is 1.15 bits per heavy atom. The van der Waals surface area contributed by atoms with Crippen molar-refractivity contribution in [2.75, 3.05) is 33.7 Å². The van der Waals surface area contributed by atoms with Crippen LogP contribution in [0.5, 0.6) is 0 Å². The van der Waals surface area contributed by atoms with E-state index in [2.05, 4.69) is 11.8 Å². The van der Waals surface area contributed by atoms with Crippen LogP contribution < -0.4 is 0 Å². The summed E-state index contributed by atoms with van der Waals surface area (Å²) in [5.74, 6) is 0.134. The highest BCUT2D eigenvalue weighted by atomic mass is 16.2. The van der Waals surface area contributed by atoms with Gasteiger partial charge >= 0.3 is 0 Å². The van der Waals surface area contributed by atoms with Gasteiger partial charge in [-0.2, -0.15) is 0 Å². The van der Waals surface area contributed by atoms with Gasteiger partial charge in [-0.1, -0.05) is 20.8 Å². The number of likely N-dealkylation sites (N-methyl/N-ethyl adjacent to an activating group) is 2. The predicted octanol–water partition coefficient (Wildman–Crippen LogP) is 1.44. The van der Waals surface area contributed by atoms with Gasteiger partial charge in [-0.05, 0) is 13.6 Å². The molecule has 0 rings (SSSR count). The van der Waals surface area contributed by atoms with Crippen molar-refractivity contribution in [1.29, 1.82) is 0 Å². The van der Waals surface area contributed by atoms with Crippen molar-refractivity contribution in [1.82, 2.24) is 9.80 Å². The fourth-order valence-electron chi connectivity index (χ4n) is 0.636. The molecule has 0 unspecified atom stereocenters. The zero-order chi connectivity index (χ0) is 10.9. The van der Waals surface area contributed by atoms with Gasteiger partial charge in [-0.3, -0.25) is 4.79 Å². The Morgan fingerprint density at radius 3 is 1.92 bits per heavy atom. The molecule has 0 aliphatic heterocycles. The molecular weight excluding hydrogens is 164 g/mol. The van der Waals surface area contributed by atoms with Crippen LogP contribution in [-0.4, -0.2) is 49.4 Å². The van der Waals surface area contributed by atoms with Crippen molar-refractivity contribution in [2.45, 2.75) is 27.7 Å². The van der Waals surface area contributed by atoms with Gasteiger partial charge in [0.15, 0.2) is 0 Å². The monoisotopic (exact) mass is 188 g/mol. The maximum Gasteiger partial charge on any atom is 0.219 e. The fourth-order valence-corrected chi connectivity index (χ4v) is 0.636. The number of nitrogens with zero attached hydrogens (tertiary/aromatic N) is 2. The van der Waals surface area contributed by atoms with E-state index in [4.69, 9.17) is 0 Å². The van der Waals surface area contributed by atoms with Gasteiger partial charge in [0.05, 0.1) is 0 Å². The Balaban J connectivity index is 0. The second-order valence-electron chi connectivity index (χ2n) is 2.84. The molecular formula is C10H24N2O. The molecule has 13 heavy (non-hydrogen) atoms. The van der Waals surface area contributed by atoms with Crippen LogP contribution in [0.15, 0.2) is 0 Å². The summed E-state index contributed by atoms with van der Waals surface area (Å²) in [6, 6.07) is 0. The molecule has 3 heteroatoms. The smallest absolute Gasteiger partial charge is 0.219 e. The topological polar surface area (TPSA) is 23.6 Å². The highest BCUT2D eigenvalue weighted by molar-refractivity contribution is 5.72. The maximum atomic E-state index is 10.8. The largest absolute Gasteiger partial charge is 0.345 e. The van der Waals surface area contributed by atoms with E-state index in [1.54, 1.807) is 11.8 Å². The van der Waals surface area contributed by atoms with Crippen molar-refractivity contribution in [2.24, 2.45) is 0 Å². The number of rotatable bonds is 4. The van der Waals surface area contributed by atoms with Gasteiger partial charge in [0.2, 0.25) is 5.91 Å². The summed E-state index contributed by atoms with van der Waals surface area (Å²) in [4.78, 5) is 14.7. The molecule has 3 nitrogen and oxygen atoms in total. The molecule has 0 saturated carbocycles. The third-order valence-electron chi connectivity index (χ3n) is 1.89. The highest BCUT2D eigenvalue weighted by Crippen LogP contribution is 1.86. The molecule has 0 N–H and O–H groups in total. The zero-order valence-corrected chi connectivity index (χ0v) is 9.92. The van der Waals surface area contributed by atoms with Crippen LogP contribution in [0.1, 0.15) is 27.7 Å². The summed E-state index contributed by atoms with van der Waals surface area (Å²) in [5, 5.41) is 0. The first kappa shape index (κ1) is 14.9. The van der Waals surface area contributed by atoms with Crippen LogP contribution >= 0.6 is 0 Å². The van der Waals surface area contributed by atoms with Gasteiger partial charge in [-0.15, -0.1) is 0 Å². The van der Waals surface area contributed by atoms with Gasteiger partial charge in [0.1, 0.15) is 0 Å². The number of carbonyl (C=O) groups excluding carboxylic acids is 1. The second-order valence-corrected chi connectivity index (χ2v) is 2.84. The van der Waals surface area contributed by atoms with E-state index in [9.17, 15) is 4.79 Å². The molecule has 0 aromatic rings. The summed E-state index contributed by atoms with van der Waals surface area (Å²) in [6.07, 6.45) is 0. The molecule has 0 aliphatic rings. The Kier molecular flexibility index (Phi) is 10.9. The minimum atomic E-state index is 0.134. The molecule has 0 aromatic carbocycles.